The van der Waals surface area contributed by atoms with Crippen LogP contribution in [-0.2, 0) is 0 Å². The maximum absolute atomic E-state index is 5.39. The Morgan fingerprint density at radius 1 is 1.55 bits per heavy atom. The van der Waals surface area contributed by atoms with Crippen LogP contribution in [0.15, 0.2) is 0 Å². The quantitative estimate of drug-likeness (QED) is 0.542. The van der Waals surface area contributed by atoms with E-state index >= 15 is 0 Å². The van der Waals surface area contributed by atoms with Crippen molar-refractivity contribution in [3.05, 3.63) is 0 Å². The molecule has 1 rings (SSSR count). The predicted octanol–water partition coefficient (Wildman–Crippen LogP) is 1.60. The van der Waals surface area contributed by atoms with Crippen LogP contribution >= 0.6 is 0 Å². The summed E-state index contributed by atoms with van der Waals surface area (Å²) >= 11 is 0. The first-order chi connectivity index (χ1) is 5.03. The molecule has 1 saturated heterocycles. The fourth-order valence-corrected chi connectivity index (χ4v) is 1.56. The molecule has 0 aromatic rings. The highest BCUT2D eigenvalue weighted by Crippen LogP contribution is 2.21. The van der Waals surface area contributed by atoms with Crippen molar-refractivity contribution in [1.82, 2.24) is 4.90 Å². The minimum absolute atomic E-state index is 0.0557. The zero-order chi connectivity index (χ0) is 8.48. The lowest BCUT2D eigenvalue weighted by molar-refractivity contribution is 0.0845. The molecule has 1 heteroatoms. The molecular weight excluding hydrogens is 134 g/mol. The standard InChI is InChI=1S/C10H17N/c1-5-10(3,4)8-11-6-9(2)7-11/h1,9H,6-8H2,2-4H3. The molecule has 0 radical (unpaired) electrons. The van der Waals surface area contributed by atoms with Crippen molar-refractivity contribution in [2.75, 3.05) is 19.6 Å². The van der Waals surface area contributed by atoms with E-state index in [2.05, 4.69) is 31.6 Å². The van der Waals surface area contributed by atoms with Crippen molar-refractivity contribution in [3.8, 4) is 12.3 Å². The monoisotopic (exact) mass is 151 g/mol. The van der Waals surface area contributed by atoms with Crippen molar-refractivity contribution < 1.29 is 0 Å². The Morgan fingerprint density at radius 2 is 2.09 bits per heavy atom. The Bertz CT molecular complexity index is 170. The Balaban J connectivity index is 2.28. The van der Waals surface area contributed by atoms with Gasteiger partial charge in [0.15, 0.2) is 0 Å². The SMILES string of the molecule is C#CC(C)(C)CN1CC(C)C1. The number of terminal acetylenes is 1. The average Bonchev–Trinajstić information content (AvgIpc) is 1.84. The van der Waals surface area contributed by atoms with Gasteiger partial charge in [0, 0.05) is 25.0 Å². The Hall–Kier alpha value is -0.480. The molecule has 62 valence electrons. The van der Waals surface area contributed by atoms with Crippen LogP contribution in [0.4, 0.5) is 0 Å². The fourth-order valence-electron chi connectivity index (χ4n) is 1.56. The van der Waals surface area contributed by atoms with Crippen LogP contribution in [0.25, 0.3) is 0 Å². The van der Waals surface area contributed by atoms with Gasteiger partial charge in [0.1, 0.15) is 0 Å². The van der Waals surface area contributed by atoms with Gasteiger partial charge < -0.3 is 4.90 Å². The molecule has 0 saturated carbocycles. The lowest BCUT2D eigenvalue weighted by Crippen LogP contribution is -2.48. The summed E-state index contributed by atoms with van der Waals surface area (Å²) in [4.78, 5) is 2.42. The second-order valence-electron chi connectivity index (χ2n) is 4.33. The zero-order valence-electron chi connectivity index (χ0n) is 7.72. The molecule has 11 heavy (non-hydrogen) atoms. The summed E-state index contributed by atoms with van der Waals surface area (Å²) in [5, 5.41) is 0. The molecule has 1 nitrogen and oxygen atoms in total. The van der Waals surface area contributed by atoms with Gasteiger partial charge in [-0.3, -0.25) is 0 Å². The third-order valence-corrected chi connectivity index (χ3v) is 2.15. The first-order valence-electron chi connectivity index (χ1n) is 4.23. The van der Waals surface area contributed by atoms with Crippen LogP contribution in [0.3, 0.4) is 0 Å². The first kappa shape index (κ1) is 8.62. The second-order valence-corrected chi connectivity index (χ2v) is 4.33. The van der Waals surface area contributed by atoms with Gasteiger partial charge >= 0.3 is 0 Å². The summed E-state index contributed by atoms with van der Waals surface area (Å²) in [5.74, 6) is 3.69. The van der Waals surface area contributed by atoms with Crippen molar-refractivity contribution in [2.24, 2.45) is 11.3 Å². The lowest BCUT2D eigenvalue weighted by atomic mass is 9.91. The molecule has 0 aromatic carbocycles. The number of hydrogen-bond donors (Lipinski definition) is 0. The normalized spacial score (nSPS) is 20.9. The summed E-state index contributed by atoms with van der Waals surface area (Å²) in [6.07, 6.45) is 5.39. The van der Waals surface area contributed by atoms with Gasteiger partial charge in [-0.1, -0.05) is 12.8 Å². The van der Waals surface area contributed by atoms with Crippen LogP contribution < -0.4 is 0 Å². The average molecular weight is 151 g/mol. The molecule has 0 N–H and O–H groups in total. The summed E-state index contributed by atoms with van der Waals surface area (Å²) < 4.78 is 0. The molecule has 0 unspecified atom stereocenters. The van der Waals surface area contributed by atoms with Gasteiger partial charge in [0.25, 0.3) is 0 Å². The zero-order valence-corrected chi connectivity index (χ0v) is 7.72. The van der Waals surface area contributed by atoms with E-state index in [-0.39, 0.29) is 5.41 Å². The summed E-state index contributed by atoms with van der Waals surface area (Å²) in [6.45, 7) is 10.0. The Kier molecular flexibility index (Phi) is 2.25. The third kappa shape index (κ3) is 2.24. The van der Waals surface area contributed by atoms with Gasteiger partial charge in [-0.15, -0.1) is 6.42 Å². The molecule has 1 heterocycles. The largest absolute Gasteiger partial charge is 0.301 e. The topological polar surface area (TPSA) is 3.24 Å². The van der Waals surface area contributed by atoms with Gasteiger partial charge in [-0.25, -0.2) is 0 Å². The van der Waals surface area contributed by atoms with Crippen molar-refractivity contribution >= 4 is 0 Å². The highest BCUT2D eigenvalue weighted by Gasteiger charge is 2.27. The van der Waals surface area contributed by atoms with Crippen LogP contribution in [0, 0.1) is 23.7 Å². The molecule has 0 aliphatic carbocycles. The van der Waals surface area contributed by atoms with E-state index < -0.39 is 0 Å². The number of hydrogen-bond acceptors (Lipinski definition) is 1. The summed E-state index contributed by atoms with van der Waals surface area (Å²) in [6, 6.07) is 0. The van der Waals surface area contributed by atoms with Crippen LogP contribution in [0.2, 0.25) is 0 Å². The molecule has 0 spiro atoms. The van der Waals surface area contributed by atoms with Gasteiger partial charge in [0.2, 0.25) is 0 Å². The first-order valence-corrected chi connectivity index (χ1v) is 4.23. The van der Waals surface area contributed by atoms with E-state index in [0.29, 0.717) is 0 Å². The summed E-state index contributed by atoms with van der Waals surface area (Å²) in [7, 11) is 0. The van der Waals surface area contributed by atoms with Crippen molar-refractivity contribution in [2.45, 2.75) is 20.8 Å². The van der Waals surface area contributed by atoms with Crippen molar-refractivity contribution in [3.63, 3.8) is 0 Å². The molecule has 0 aromatic heterocycles. The number of nitrogens with zero attached hydrogens (tertiary/aromatic N) is 1. The molecule has 0 bridgehead atoms. The number of likely N-dealkylation sites (tertiary alicyclic amines) is 1. The van der Waals surface area contributed by atoms with E-state index in [1.807, 2.05) is 0 Å². The van der Waals surface area contributed by atoms with Gasteiger partial charge in [-0.05, 0) is 19.8 Å². The Morgan fingerprint density at radius 3 is 2.45 bits per heavy atom. The minimum Gasteiger partial charge on any atom is -0.301 e. The van der Waals surface area contributed by atoms with Gasteiger partial charge in [-0.2, -0.15) is 0 Å². The molecule has 1 aliphatic rings. The number of rotatable bonds is 2. The highest BCUT2D eigenvalue weighted by atomic mass is 15.2. The third-order valence-electron chi connectivity index (χ3n) is 2.15. The van der Waals surface area contributed by atoms with Crippen LogP contribution in [0.5, 0.6) is 0 Å². The van der Waals surface area contributed by atoms with Crippen LogP contribution in [-0.4, -0.2) is 24.5 Å². The van der Waals surface area contributed by atoms with E-state index in [0.717, 1.165) is 12.5 Å². The highest BCUT2D eigenvalue weighted by molar-refractivity contribution is 5.02. The molecule has 1 aliphatic heterocycles. The van der Waals surface area contributed by atoms with Crippen molar-refractivity contribution in [1.29, 1.82) is 0 Å². The molecule has 1 fully saturated rings. The molecule has 0 atom stereocenters. The smallest absolute Gasteiger partial charge is 0.0382 e. The van der Waals surface area contributed by atoms with E-state index in [9.17, 15) is 0 Å². The van der Waals surface area contributed by atoms with Gasteiger partial charge in [0.05, 0.1) is 0 Å². The maximum Gasteiger partial charge on any atom is 0.0382 e. The minimum atomic E-state index is 0.0557. The summed E-state index contributed by atoms with van der Waals surface area (Å²) in [5.41, 5.74) is 0.0557. The fraction of sp³-hybridized carbons (Fsp3) is 0.800. The van der Waals surface area contributed by atoms with E-state index in [1.54, 1.807) is 0 Å². The maximum atomic E-state index is 5.39. The lowest BCUT2D eigenvalue weighted by Gasteiger charge is -2.40. The second kappa shape index (κ2) is 2.87. The van der Waals surface area contributed by atoms with E-state index in [1.165, 1.54) is 13.1 Å². The van der Waals surface area contributed by atoms with Crippen LogP contribution in [0.1, 0.15) is 20.8 Å². The molecular formula is C10H17N. The predicted molar refractivity (Wildman–Crippen MR) is 48.2 cm³/mol. The Labute approximate surface area is 69.8 Å². The molecule has 0 amide bonds. The van der Waals surface area contributed by atoms with E-state index in [4.69, 9.17) is 6.42 Å².